The molecule has 0 amide bonds. The lowest BCUT2D eigenvalue weighted by Crippen LogP contribution is -2.11. The van der Waals surface area contributed by atoms with Crippen LogP contribution < -0.4 is 5.56 Å². The highest BCUT2D eigenvalue weighted by Crippen LogP contribution is 2.22. The molecular formula is C11H7BrClFN2O. The van der Waals surface area contributed by atoms with Gasteiger partial charge in [-0.1, -0.05) is 11.6 Å². The molecule has 1 heterocycles. The molecule has 1 N–H and O–H groups in total. The standard InChI is InChI=1S/C11H7BrClFN2O/c1-5-9(12)11(17)16-10(15-5)6-2-7(13)4-8(14)3-6/h2-4H,1H3,(H,15,16,17). The smallest absolute Gasteiger partial charge is 0.265 e. The summed E-state index contributed by atoms with van der Waals surface area (Å²) >= 11 is 8.85. The number of rotatable bonds is 1. The zero-order valence-corrected chi connectivity index (χ0v) is 11.1. The van der Waals surface area contributed by atoms with Crippen molar-refractivity contribution in [3.63, 3.8) is 0 Å². The molecule has 6 heteroatoms. The first-order chi connectivity index (χ1) is 7.97. The molecule has 0 radical (unpaired) electrons. The summed E-state index contributed by atoms with van der Waals surface area (Å²) in [7, 11) is 0. The van der Waals surface area contributed by atoms with Crippen LogP contribution in [0.4, 0.5) is 4.39 Å². The number of hydrogen-bond donors (Lipinski definition) is 1. The lowest BCUT2D eigenvalue weighted by molar-refractivity contribution is 0.628. The maximum Gasteiger partial charge on any atom is 0.265 e. The number of aryl methyl sites for hydroxylation is 1. The van der Waals surface area contributed by atoms with E-state index in [4.69, 9.17) is 11.6 Å². The number of benzene rings is 1. The Morgan fingerprint density at radius 1 is 1.41 bits per heavy atom. The minimum Gasteiger partial charge on any atom is -0.306 e. The Morgan fingerprint density at radius 2 is 2.12 bits per heavy atom. The van der Waals surface area contributed by atoms with E-state index >= 15 is 0 Å². The number of halogens is 3. The van der Waals surface area contributed by atoms with Gasteiger partial charge in [0.15, 0.2) is 0 Å². The van der Waals surface area contributed by atoms with Crippen molar-refractivity contribution >= 4 is 27.5 Å². The van der Waals surface area contributed by atoms with Crippen molar-refractivity contribution in [3.05, 3.63) is 49.6 Å². The number of nitrogens with one attached hydrogen (secondary N) is 1. The molecule has 0 bridgehead atoms. The molecule has 0 spiro atoms. The molecular weight excluding hydrogens is 310 g/mol. The van der Waals surface area contributed by atoms with Crippen LogP contribution >= 0.6 is 27.5 Å². The lowest BCUT2D eigenvalue weighted by Gasteiger charge is -2.04. The van der Waals surface area contributed by atoms with Crippen LogP contribution in [0, 0.1) is 12.7 Å². The van der Waals surface area contributed by atoms with Gasteiger partial charge < -0.3 is 4.98 Å². The van der Waals surface area contributed by atoms with E-state index in [1.807, 2.05) is 0 Å². The van der Waals surface area contributed by atoms with Crippen molar-refractivity contribution in [2.45, 2.75) is 6.92 Å². The van der Waals surface area contributed by atoms with Gasteiger partial charge in [-0.15, -0.1) is 0 Å². The Kier molecular flexibility index (Phi) is 3.31. The van der Waals surface area contributed by atoms with Crippen LogP contribution in [-0.4, -0.2) is 9.97 Å². The van der Waals surface area contributed by atoms with Gasteiger partial charge in [0.2, 0.25) is 0 Å². The monoisotopic (exact) mass is 316 g/mol. The van der Waals surface area contributed by atoms with E-state index in [2.05, 4.69) is 25.9 Å². The highest BCUT2D eigenvalue weighted by molar-refractivity contribution is 9.10. The van der Waals surface area contributed by atoms with Crippen LogP contribution in [0.2, 0.25) is 5.02 Å². The fraction of sp³-hybridized carbons (Fsp3) is 0.0909. The molecule has 2 rings (SSSR count). The largest absolute Gasteiger partial charge is 0.306 e. The zero-order chi connectivity index (χ0) is 12.6. The molecule has 0 saturated carbocycles. The SMILES string of the molecule is Cc1nc(-c2cc(F)cc(Cl)c2)[nH]c(=O)c1Br. The maximum atomic E-state index is 13.2. The Balaban J connectivity index is 2.65. The highest BCUT2D eigenvalue weighted by Gasteiger charge is 2.08. The van der Waals surface area contributed by atoms with E-state index in [0.717, 1.165) is 0 Å². The average molecular weight is 318 g/mol. The van der Waals surface area contributed by atoms with E-state index in [-0.39, 0.29) is 16.4 Å². The van der Waals surface area contributed by atoms with Crippen LogP contribution in [0.5, 0.6) is 0 Å². The molecule has 1 aromatic heterocycles. The van der Waals surface area contributed by atoms with Crippen LogP contribution in [0.3, 0.4) is 0 Å². The molecule has 0 fully saturated rings. The molecule has 0 aliphatic carbocycles. The van der Waals surface area contributed by atoms with Crippen molar-refractivity contribution in [2.24, 2.45) is 0 Å². The molecule has 17 heavy (non-hydrogen) atoms. The number of nitrogens with zero attached hydrogens (tertiary/aromatic N) is 1. The number of aromatic amines is 1. The normalized spacial score (nSPS) is 10.6. The first-order valence-electron chi connectivity index (χ1n) is 4.70. The van der Waals surface area contributed by atoms with E-state index in [1.54, 1.807) is 6.92 Å². The van der Waals surface area contributed by atoms with Gasteiger partial charge in [-0.25, -0.2) is 9.37 Å². The van der Waals surface area contributed by atoms with Crippen LogP contribution in [0.1, 0.15) is 5.69 Å². The quantitative estimate of drug-likeness (QED) is 0.877. The average Bonchev–Trinajstić information content (AvgIpc) is 2.23. The van der Waals surface area contributed by atoms with Crippen molar-refractivity contribution < 1.29 is 4.39 Å². The predicted octanol–water partition coefficient (Wildman–Crippen LogP) is 3.30. The van der Waals surface area contributed by atoms with Gasteiger partial charge in [0, 0.05) is 10.6 Å². The molecule has 0 saturated heterocycles. The van der Waals surface area contributed by atoms with Gasteiger partial charge >= 0.3 is 0 Å². The molecule has 2 aromatic rings. The maximum absolute atomic E-state index is 13.2. The van der Waals surface area contributed by atoms with Crippen LogP contribution in [0.25, 0.3) is 11.4 Å². The fourth-order valence-electron chi connectivity index (χ4n) is 1.40. The van der Waals surface area contributed by atoms with E-state index in [9.17, 15) is 9.18 Å². The molecule has 0 atom stereocenters. The summed E-state index contributed by atoms with van der Waals surface area (Å²) in [6, 6.07) is 3.99. The zero-order valence-electron chi connectivity index (χ0n) is 8.72. The first kappa shape index (κ1) is 12.3. The molecule has 88 valence electrons. The summed E-state index contributed by atoms with van der Waals surface area (Å²) in [5, 5.41) is 0.253. The van der Waals surface area contributed by atoms with Crippen molar-refractivity contribution in [1.29, 1.82) is 0 Å². The summed E-state index contributed by atoms with van der Waals surface area (Å²) < 4.78 is 13.5. The van der Waals surface area contributed by atoms with Crippen molar-refractivity contribution in [2.75, 3.05) is 0 Å². The van der Waals surface area contributed by atoms with Gasteiger partial charge in [-0.2, -0.15) is 0 Å². The third-order valence-electron chi connectivity index (χ3n) is 2.16. The minimum atomic E-state index is -0.476. The topological polar surface area (TPSA) is 45.8 Å². The number of H-pyrrole nitrogens is 1. The third-order valence-corrected chi connectivity index (χ3v) is 3.32. The highest BCUT2D eigenvalue weighted by atomic mass is 79.9. The summed E-state index contributed by atoms with van der Waals surface area (Å²) in [5.74, 6) is -0.187. The lowest BCUT2D eigenvalue weighted by atomic mass is 10.2. The molecule has 1 aromatic carbocycles. The summed E-state index contributed by atoms with van der Waals surface area (Å²) in [6.45, 7) is 1.68. The number of aromatic nitrogens is 2. The Hall–Kier alpha value is -1.20. The number of hydrogen-bond acceptors (Lipinski definition) is 2. The van der Waals surface area contributed by atoms with Crippen molar-refractivity contribution in [1.82, 2.24) is 9.97 Å². The molecule has 0 aliphatic heterocycles. The van der Waals surface area contributed by atoms with E-state index in [0.29, 0.717) is 15.7 Å². The minimum absolute atomic E-state index is 0.253. The van der Waals surface area contributed by atoms with Gasteiger partial charge in [-0.05, 0) is 41.1 Å². The summed E-state index contributed by atoms with van der Waals surface area (Å²) in [5.41, 5.74) is 0.653. The summed E-state index contributed by atoms with van der Waals surface area (Å²) in [6.07, 6.45) is 0. The van der Waals surface area contributed by atoms with Crippen LogP contribution in [0.15, 0.2) is 27.5 Å². The van der Waals surface area contributed by atoms with Gasteiger partial charge in [0.05, 0.1) is 5.69 Å². The fourth-order valence-corrected chi connectivity index (χ4v) is 1.81. The Labute approximate surface area is 110 Å². The molecule has 0 unspecified atom stereocenters. The van der Waals surface area contributed by atoms with E-state index < -0.39 is 5.82 Å². The van der Waals surface area contributed by atoms with Gasteiger partial charge in [0.25, 0.3) is 5.56 Å². The summed E-state index contributed by atoms with van der Waals surface area (Å²) in [4.78, 5) is 18.2. The van der Waals surface area contributed by atoms with Gasteiger partial charge in [-0.3, -0.25) is 4.79 Å². The van der Waals surface area contributed by atoms with Crippen LogP contribution in [-0.2, 0) is 0 Å². The van der Waals surface area contributed by atoms with Gasteiger partial charge in [0.1, 0.15) is 16.1 Å². The van der Waals surface area contributed by atoms with E-state index in [1.165, 1.54) is 18.2 Å². The van der Waals surface area contributed by atoms with Crippen molar-refractivity contribution in [3.8, 4) is 11.4 Å². The predicted molar refractivity (Wildman–Crippen MR) is 67.7 cm³/mol. The second-order valence-corrected chi connectivity index (χ2v) is 4.70. The third kappa shape index (κ3) is 2.56. The second-order valence-electron chi connectivity index (χ2n) is 3.47. The Morgan fingerprint density at radius 3 is 2.71 bits per heavy atom. The Bertz CT molecular complexity index is 622. The first-order valence-corrected chi connectivity index (χ1v) is 5.87. The second kappa shape index (κ2) is 4.58. The molecule has 3 nitrogen and oxygen atoms in total. The molecule has 0 aliphatic rings.